The third kappa shape index (κ3) is 2.08. The maximum Gasteiger partial charge on any atom is 0.111 e. The van der Waals surface area contributed by atoms with Gasteiger partial charge in [-0.1, -0.05) is 0 Å². The molecule has 0 aromatic carbocycles. The zero-order chi connectivity index (χ0) is 10.0. The fraction of sp³-hybridized carbons (Fsp3) is 0.909. The number of hydrogen-bond donors (Lipinski definition) is 1. The number of nitrogens with one attached hydrogen (secondary N) is 1. The van der Waals surface area contributed by atoms with Gasteiger partial charge in [-0.2, -0.15) is 5.26 Å². The molecular weight excluding hydrogens is 176 g/mol. The molecule has 0 unspecified atom stereocenters. The molecule has 0 aliphatic heterocycles. The van der Waals surface area contributed by atoms with Crippen LogP contribution in [-0.4, -0.2) is 24.8 Å². The predicted molar refractivity (Wildman–Crippen MR) is 53.7 cm³/mol. The van der Waals surface area contributed by atoms with Crippen molar-refractivity contribution in [3.05, 3.63) is 0 Å². The molecule has 1 N–H and O–H groups in total. The van der Waals surface area contributed by atoms with Gasteiger partial charge in [0.15, 0.2) is 0 Å². The number of nitrogens with zero attached hydrogens (tertiary/aromatic N) is 1. The molecule has 3 heteroatoms. The summed E-state index contributed by atoms with van der Waals surface area (Å²) in [6.45, 7) is 3.78. The van der Waals surface area contributed by atoms with Crippen molar-refractivity contribution in [2.75, 3.05) is 13.2 Å². The quantitative estimate of drug-likeness (QED) is 0.720. The van der Waals surface area contributed by atoms with E-state index in [9.17, 15) is 0 Å². The Bertz CT molecular complexity index is 236. The summed E-state index contributed by atoms with van der Waals surface area (Å²) < 4.78 is 5.47. The van der Waals surface area contributed by atoms with Crippen molar-refractivity contribution in [1.29, 1.82) is 5.26 Å². The molecule has 2 aliphatic carbocycles. The zero-order valence-electron chi connectivity index (χ0n) is 8.75. The van der Waals surface area contributed by atoms with E-state index in [0.717, 1.165) is 31.9 Å². The lowest BCUT2D eigenvalue weighted by Gasteiger charge is -2.42. The molecular formula is C11H18N2O. The van der Waals surface area contributed by atoms with Crippen LogP contribution in [0.2, 0.25) is 0 Å². The second-order valence-corrected chi connectivity index (χ2v) is 4.50. The molecule has 2 saturated carbocycles. The van der Waals surface area contributed by atoms with Gasteiger partial charge in [0.05, 0.1) is 12.2 Å². The molecule has 2 aliphatic rings. The van der Waals surface area contributed by atoms with Crippen LogP contribution in [0, 0.1) is 17.2 Å². The van der Waals surface area contributed by atoms with Crippen LogP contribution < -0.4 is 5.32 Å². The summed E-state index contributed by atoms with van der Waals surface area (Å²) >= 11 is 0. The Hall–Kier alpha value is -0.590. The van der Waals surface area contributed by atoms with E-state index in [-0.39, 0.29) is 5.54 Å². The second-order valence-electron chi connectivity index (χ2n) is 4.50. The van der Waals surface area contributed by atoms with Gasteiger partial charge in [0, 0.05) is 19.4 Å². The van der Waals surface area contributed by atoms with Gasteiger partial charge in [0.25, 0.3) is 0 Å². The van der Waals surface area contributed by atoms with E-state index >= 15 is 0 Å². The van der Waals surface area contributed by atoms with Crippen LogP contribution in [-0.2, 0) is 4.74 Å². The van der Waals surface area contributed by atoms with Crippen molar-refractivity contribution < 1.29 is 4.74 Å². The van der Waals surface area contributed by atoms with Crippen LogP contribution in [0.25, 0.3) is 0 Å². The van der Waals surface area contributed by atoms with Gasteiger partial charge in [0.1, 0.15) is 5.54 Å². The molecule has 2 rings (SSSR count). The maximum atomic E-state index is 9.09. The summed E-state index contributed by atoms with van der Waals surface area (Å²) in [5.74, 6) is 0.839. The van der Waals surface area contributed by atoms with Crippen LogP contribution in [0.5, 0.6) is 0 Å². The molecule has 2 fully saturated rings. The SMILES string of the molecule is CCOC1CC(C#N)(NCC2CC2)C1. The van der Waals surface area contributed by atoms with Gasteiger partial charge in [0.2, 0.25) is 0 Å². The number of ether oxygens (including phenoxy) is 1. The summed E-state index contributed by atoms with van der Waals surface area (Å²) in [4.78, 5) is 0. The predicted octanol–water partition coefficient (Wildman–Crippen LogP) is 1.45. The van der Waals surface area contributed by atoms with Gasteiger partial charge < -0.3 is 4.74 Å². The fourth-order valence-electron chi connectivity index (χ4n) is 2.01. The molecule has 0 heterocycles. The minimum atomic E-state index is -0.261. The van der Waals surface area contributed by atoms with Crippen molar-refractivity contribution >= 4 is 0 Å². The summed E-state index contributed by atoms with van der Waals surface area (Å²) in [5.41, 5.74) is -0.261. The normalized spacial score (nSPS) is 36.1. The minimum absolute atomic E-state index is 0.261. The highest BCUT2D eigenvalue weighted by atomic mass is 16.5. The Balaban J connectivity index is 1.73. The van der Waals surface area contributed by atoms with E-state index in [0.29, 0.717) is 6.10 Å². The molecule has 0 atom stereocenters. The Labute approximate surface area is 85.4 Å². The summed E-state index contributed by atoms with van der Waals surface area (Å²) in [6.07, 6.45) is 4.72. The Kier molecular flexibility index (Phi) is 2.76. The van der Waals surface area contributed by atoms with Gasteiger partial charge in [-0.15, -0.1) is 0 Å². The average molecular weight is 194 g/mol. The van der Waals surface area contributed by atoms with Crippen molar-refractivity contribution in [1.82, 2.24) is 5.32 Å². The van der Waals surface area contributed by atoms with E-state index in [4.69, 9.17) is 10.00 Å². The minimum Gasteiger partial charge on any atom is -0.378 e. The van der Waals surface area contributed by atoms with E-state index in [1.54, 1.807) is 0 Å². The van der Waals surface area contributed by atoms with Crippen molar-refractivity contribution in [3.63, 3.8) is 0 Å². The lowest BCUT2D eigenvalue weighted by molar-refractivity contribution is -0.0315. The van der Waals surface area contributed by atoms with Crippen molar-refractivity contribution in [2.24, 2.45) is 5.92 Å². The zero-order valence-corrected chi connectivity index (χ0v) is 8.75. The standard InChI is InChI=1S/C11H18N2O/c1-2-14-10-5-11(6-10,8-12)13-7-9-3-4-9/h9-10,13H,2-7H2,1H3. The van der Waals surface area contributed by atoms with E-state index in [1.165, 1.54) is 12.8 Å². The number of nitriles is 1. The number of rotatable bonds is 5. The van der Waals surface area contributed by atoms with Crippen LogP contribution in [0.3, 0.4) is 0 Å². The van der Waals surface area contributed by atoms with Crippen LogP contribution in [0.15, 0.2) is 0 Å². The summed E-state index contributed by atoms with van der Waals surface area (Å²) in [7, 11) is 0. The maximum absolute atomic E-state index is 9.09. The molecule has 14 heavy (non-hydrogen) atoms. The van der Waals surface area contributed by atoms with Crippen LogP contribution in [0.4, 0.5) is 0 Å². The van der Waals surface area contributed by atoms with Crippen LogP contribution >= 0.6 is 0 Å². The van der Waals surface area contributed by atoms with Gasteiger partial charge in [-0.05, 0) is 32.2 Å². The average Bonchev–Trinajstić information content (AvgIpc) is 2.92. The first-order chi connectivity index (χ1) is 6.78. The van der Waals surface area contributed by atoms with Crippen molar-refractivity contribution in [2.45, 2.75) is 44.2 Å². The fourth-order valence-corrected chi connectivity index (χ4v) is 2.01. The Morgan fingerprint density at radius 2 is 2.21 bits per heavy atom. The smallest absolute Gasteiger partial charge is 0.111 e. The molecule has 3 nitrogen and oxygen atoms in total. The Morgan fingerprint density at radius 1 is 1.50 bits per heavy atom. The molecule has 0 aromatic heterocycles. The van der Waals surface area contributed by atoms with E-state index in [1.807, 2.05) is 6.92 Å². The summed E-state index contributed by atoms with van der Waals surface area (Å²) in [5, 5.41) is 12.5. The first-order valence-electron chi connectivity index (χ1n) is 5.56. The van der Waals surface area contributed by atoms with Crippen LogP contribution in [0.1, 0.15) is 32.6 Å². The van der Waals surface area contributed by atoms with Gasteiger partial charge >= 0.3 is 0 Å². The monoisotopic (exact) mass is 194 g/mol. The van der Waals surface area contributed by atoms with E-state index in [2.05, 4.69) is 11.4 Å². The lowest BCUT2D eigenvalue weighted by atomic mass is 9.75. The molecule has 0 radical (unpaired) electrons. The largest absolute Gasteiger partial charge is 0.378 e. The highest BCUT2D eigenvalue weighted by Crippen LogP contribution is 2.36. The summed E-state index contributed by atoms with van der Waals surface area (Å²) in [6, 6.07) is 2.40. The number of hydrogen-bond acceptors (Lipinski definition) is 3. The highest BCUT2D eigenvalue weighted by Gasteiger charge is 2.45. The Morgan fingerprint density at radius 3 is 2.71 bits per heavy atom. The third-order valence-electron chi connectivity index (χ3n) is 3.19. The van der Waals surface area contributed by atoms with Gasteiger partial charge in [-0.3, -0.25) is 5.32 Å². The molecule has 0 aromatic rings. The first kappa shape index (κ1) is 9.95. The second kappa shape index (κ2) is 3.88. The van der Waals surface area contributed by atoms with Crippen molar-refractivity contribution in [3.8, 4) is 6.07 Å². The molecule has 0 bridgehead atoms. The topological polar surface area (TPSA) is 45.0 Å². The first-order valence-corrected chi connectivity index (χ1v) is 5.56. The molecule has 78 valence electrons. The molecule has 0 spiro atoms. The van der Waals surface area contributed by atoms with E-state index < -0.39 is 0 Å². The lowest BCUT2D eigenvalue weighted by Crippen LogP contribution is -2.57. The third-order valence-corrected chi connectivity index (χ3v) is 3.19. The molecule has 0 saturated heterocycles. The highest BCUT2D eigenvalue weighted by molar-refractivity contribution is 5.16. The van der Waals surface area contributed by atoms with Gasteiger partial charge in [-0.25, -0.2) is 0 Å². The molecule has 0 amide bonds.